The largest absolute Gasteiger partial charge is 0.479 e. The van der Waals surface area contributed by atoms with Gasteiger partial charge in [0.2, 0.25) is 0 Å². The van der Waals surface area contributed by atoms with E-state index in [4.69, 9.17) is 11.6 Å². The third-order valence-electron chi connectivity index (χ3n) is 2.76. The second-order valence-corrected chi connectivity index (χ2v) is 4.60. The van der Waals surface area contributed by atoms with Crippen molar-refractivity contribution in [2.45, 2.75) is 6.04 Å². The third kappa shape index (κ3) is 3.36. The van der Waals surface area contributed by atoms with E-state index in [1.165, 1.54) is 0 Å². The number of aliphatic carboxylic acids is 1. The number of nitrogens with one attached hydrogen (secondary N) is 1. The fourth-order valence-corrected chi connectivity index (χ4v) is 1.87. The Labute approximate surface area is 121 Å². The van der Waals surface area contributed by atoms with E-state index in [2.05, 4.69) is 5.32 Å². The maximum absolute atomic E-state index is 12.0. The van der Waals surface area contributed by atoms with E-state index in [0.29, 0.717) is 16.1 Å². The van der Waals surface area contributed by atoms with E-state index in [0.717, 1.165) is 0 Å². The molecule has 0 radical (unpaired) electrons. The molecule has 2 rings (SSSR count). The van der Waals surface area contributed by atoms with Gasteiger partial charge in [-0.25, -0.2) is 4.79 Å². The normalized spacial score (nSPS) is 11.7. The van der Waals surface area contributed by atoms with Crippen LogP contribution in [0.2, 0.25) is 5.02 Å². The van der Waals surface area contributed by atoms with Gasteiger partial charge >= 0.3 is 5.97 Å². The average Bonchev–Trinajstić information content (AvgIpc) is 2.46. The molecule has 2 aromatic carbocycles. The second-order valence-electron chi connectivity index (χ2n) is 4.16. The molecule has 4 nitrogen and oxygen atoms in total. The Kier molecular flexibility index (Phi) is 4.38. The number of carbonyl (C=O) groups excluding carboxylic acids is 1. The summed E-state index contributed by atoms with van der Waals surface area (Å²) >= 11 is 5.74. The van der Waals surface area contributed by atoms with Crippen LogP contribution in [0.15, 0.2) is 54.6 Å². The Balaban J connectivity index is 2.19. The van der Waals surface area contributed by atoms with Crippen molar-refractivity contribution in [2.75, 3.05) is 0 Å². The highest BCUT2D eigenvalue weighted by Gasteiger charge is 2.22. The molecule has 0 fully saturated rings. The van der Waals surface area contributed by atoms with Crippen LogP contribution in [0, 0.1) is 0 Å². The molecule has 0 aliphatic heterocycles. The monoisotopic (exact) mass is 289 g/mol. The number of carboxylic acids is 1. The molecule has 0 heterocycles. The minimum atomic E-state index is -1.11. The van der Waals surface area contributed by atoms with Crippen LogP contribution in [0.5, 0.6) is 0 Å². The molecule has 0 saturated carbocycles. The van der Waals surface area contributed by atoms with Crippen molar-refractivity contribution in [3.05, 3.63) is 70.7 Å². The Morgan fingerprint density at radius 3 is 2.15 bits per heavy atom. The van der Waals surface area contributed by atoms with Gasteiger partial charge in [0.15, 0.2) is 6.04 Å². The number of hydrogen-bond acceptors (Lipinski definition) is 2. The highest BCUT2D eigenvalue weighted by molar-refractivity contribution is 6.30. The SMILES string of the molecule is O=C(N[C@@H](C(=O)O)c1ccccc1)c1ccc(Cl)cc1. The van der Waals surface area contributed by atoms with Crippen LogP contribution in [0.25, 0.3) is 0 Å². The number of carboxylic acid groups (broad SMARTS) is 1. The minimum absolute atomic E-state index is 0.358. The summed E-state index contributed by atoms with van der Waals surface area (Å²) in [6.45, 7) is 0. The predicted octanol–water partition coefficient (Wildman–Crippen LogP) is 2.90. The zero-order chi connectivity index (χ0) is 14.5. The predicted molar refractivity (Wildman–Crippen MR) is 75.7 cm³/mol. The van der Waals surface area contributed by atoms with Crippen molar-refractivity contribution in [2.24, 2.45) is 0 Å². The van der Waals surface area contributed by atoms with Gasteiger partial charge in [0.1, 0.15) is 0 Å². The first-order valence-electron chi connectivity index (χ1n) is 5.92. The number of amides is 1. The molecule has 0 spiro atoms. The van der Waals surface area contributed by atoms with Gasteiger partial charge in [-0.3, -0.25) is 4.79 Å². The molecule has 0 aromatic heterocycles. The molecule has 0 saturated heterocycles. The van der Waals surface area contributed by atoms with E-state index in [9.17, 15) is 14.7 Å². The first kappa shape index (κ1) is 14.1. The van der Waals surface area contributed by atoms with Gasteiger partial charge in [0.05, 0.1) is 0 Å². The zero-order valence-electron chi connectivity index (χ0n) is 10.4. The summed E-state index contributed by atoms with van der Waals surface area (Å²) in [6.07, 6.45) is 0. The van der Waals surface area contributed by atoms with Crippen molar-refractivity contribution >= 4 is 23.5 Å². The van der Waals surface area contributed by atoms with Crippen LogP contribution in [0.3, 0.4) is 0 Å². The quantitative estimate of drug-likeness (QED) is 0.909. The van der Waals surface area contributed by atoms with Crippen molar-refractivity contribution in [1.29, 1.82) is 0 Å². The molecule has 0 aliphatic rings. The first-order chi connectivity index (χ1) is 9.58. The molecule has 5 heteroatoms. The van der Waals surface area contributed by atoms with Gasteiger partial charge in [-0.15, -0.1) is 0 Å². The summed E-state index contributed by atoms with van der Waals surface area (Å²) in [5.74, 6) is -1.57. The van der Waals surface area contributed by atoms with Crippen LogP contribution < -0.4 is 5.32 Å². The molecule has 0 bridgehead atoms. The second kappa shape index (κ2) is 6.21. The highest BCUT2D eigenvalue weighted by Crippen LogP contribution is 2.15. The smallest absolute Gasteiger partial charge is 0.330 e. The summed E-state index contributed by atoms with van der Waals surface area (Å²) in [5.41, 5.74) is 0.874. The Morgan fingerprint density at radius 1 is 1.00 bits per heavy atom. The van der Waals surface area contributed by atoms with Crippen molar-refractivity contribution in [1.82, 2.24) is 5.32 Å². The van der Waals surface area contributed by atoms with Gasteiger partial charge in [0.25, 0.3) is 5.91 Å². The molecule has 1 amide bonds. The van der Waals surface area contributed by atoms with Crippen LogP contribution in [0.1, 0.15) is 22.0 Å². The summed E-state index contributed by atoms with van der Waals surface area (Å²) in [4.78, 5) is 23.3. The van der Waals surface area contributed by atoms with Crippen LogP contribution >= 0.6 is 11.6 Å². The van der Waals surface area contributed by atoms with Crippen molar-refractivity contribution in [3.8, 4) is 0 Å². The lowest BCUT2D eigenvalue weighted by atomic mass is 10.1. The Bertz CT molecular complexity index is 611. The maximum Gasteiger partial charge on any atom is 0.330 e. The zero-order valence-corrected chi connectivity index (χ0v) is 11.2. The number of benzene rings is 2. The number of hydrogen-bond donors (Lipinski definition) is 2. The highest BCUT2D eigenvalue weighted by atomic mass is 35.5. The first-order valence-corrected chi connectivity index (χ1v) is 6.30. The Morgan fingerprint density at radius 2 is 1.60 bits per heavy atom. The van der Waals surface area contributed by atoms with Crippen molar-refractivity contribution < 1.29 is 14.7 Å². The summed E-state index contributed by atoms with van der Waals surface area (Å²) in [6, 6.07) is 13.7. The van der Waals surface area contributed by atoms with E-state index >= 15 is 0 Å². The molecule has 20 heavy (non-hydrogen) atoms. The molecular formula is C15H12ClNO3. The van der Waals surface area contributed by atoms with E-state index in [-0.39, 0.29) is 0 Å². The lowest BCUT2D eigenvalue weighted by Gasteiger charge is -2.14. The van der Waals surface area contributed by atoms with Crippen LogP contribution in [0.4, 0.5) is 0 Å². The molecule has 0 aliphatic carbocycles. The summed E-state index contributed by atoms with van der Waals surface area (Å²) < 4.78 is 0. The standard InChI is InChI=1S/C15H12ClNO3/c16-12-8-6-11(7-9-12)14(18)17-13(15(19)20)10-4-2-1-3-5-10/h1-9,13H,(H,17,18)(H,19,20)/t13-/m1/s1. The molecular weight excluding hydrogens is 278 g/mol. The number of carbonyl (C=O) groups is 2. The molecule has 1 atom stereocenters. The Hall–Kier alpha value is -2.33. The van der Waals surface area contributed by atoms with Gasteiger partial charge in [-0.2, -0.15) is 0 Å². The van der Waals surface area contributed by atoms with Crippen LogP contribution in [-0.4, -0.2) is 17.0 Å². The van der Waals surface area contributed by atoms with Crippen molar-refractivity contribution in [3.63, 3.8) is 0 Å². The topological polar surface area (TPSA) is 66.4 Å². The fourth-order valence-electron chi connectivity index (χ4n) is 1.75. The van der Waals surface area contributed by atoms with Gasteiger partial charge in [0, 0.05) is 10.6 Å². The third-order valence-corrected chi connectivity index (χ3v) is 3.01. The van der Waals surface area contributed by atoms with E-state index in [1.807, 2.05) is 0 Å². The molecule has 2 aromatic rings. The van der Waals surface area contributed by atoms with Gasteiger partial charge in [-0.1, -0.05) is 41.9 Å². The average molecular weight is 290 g/mol. The van der Waals surface area contributed by atoms with Crippen LogP contribution in [-0.2, 0) is 4.79 Å². The molecule has 2 N–H and O–H groups in total. The lowest BCUT2D eigenvalue weighted by molar-refractivity contribution is -0.139. The summed E-state index contributed by atoms with van der Waals surface area (Å²) in [5, 5.41) is 12.2. The molecule has 102 valence electrons. The lowest BCUT2D eigenvalue weighted by Crippen LogP contribution is -2.33. The fraction of sp³-hybridized carbons (Fsp3) is 0.0667. The van der Waals surface area contributed by atoms with Gasteiger partial charge in [-0.05, 0) is 29.8 Å². The minimum Gasteiger partial charge on any atom is -0.479 e. The van der Waals surface area contributed by atoms with Gasteiger partial charge < -0.3 is 10.4 Å². The molecule has 0 unspecified atom stereocenters. The number of rotatable bonds is 4. The maximum atomic E-state index is 12.0. The van der Waals surface area contributed by atoms with E-state index in [1.54, 1.807) is 54.6 Å². The summed E-state index contributed by atoms with van der Waals surface area (Å²) in [7, 11) is 0. The van der Waals surface area contributed by atoms with E-state index < -0.39 is 17.9 Å². The number of halogens is 1.